The lowest BCUT2D eigenvalue weighted by Crippen LogP contribution is -2.45. The molecule has 0 radical (unpaired) electrons. The van der Waals surface area contributed by atoms with E-state index in [9.17, 15) is 9.90 Å². The number of nitrogens with zero attached hydrogens (tertiary/aromatic N) is 1. The molecule has 2 N–H and O–H groups in total. The Morgan fingerprint density at radius 3 is 2.59 bits per heavy atom. The molecule has 1 atom stereocenters. The van der Waals surface area contributed by atoms with Crippen LogP contribution in [-0.4, -0.2) is 42.2 Å². The van der Waals surface area contributed by atoms with Crippen LogP contribution in [0.2, 0.25) is 0 Å². The van der Waals surface area contributed by atoms with E-state index in [-0.39, 0.29) is 24.0 Å². The lowest BCUT2D eigenvalue weighted by Gasteiger charge is -2.34. The van der Waals surface area contributed by atoms with Crippen molar-refractivity contribution in [1.29, 1.82) is 0 Å². The zero-order valence-electron chi connectivity index (χ0n) is 13.9. The monoisotopic (exact) mass is 304 g/mol. The van der Waals surface area contributed by atoms with Crippen LogP contribution in [0.1, 0.15) is 38.2 Å². The third kappa shape index (κ3) is 3.87. The molecule has 0 aromatic heterocycles. The molecule has 2 rings (SSSR count). The van der Waals surface area contributed by atoms with Crippen LogP contribution in [0.15, 0.2) is 24.3 Å². The van der Waals surface area contributed by atoms with Crippen LogP contribution in [0, 0.1) is 12.3 Å². The van der Waals surface area contributed by atoms with E-state index in [4.69, 9.17) is 0 Å². The van der Waals surface area contributed by atoms with Crippen molar-refractivity contribution in [2.75, 3.05) is 25.5 Å². The second kappa shape index (κ2) is 7.25. The Balaban J connectivity index is 1.96. The molecule has 1 saturated carbocycles. The Morgan fingerprint density at radius 2 is 2.00 bits per heavy atom. The highest BCUT2D eigenvalue weighted by Gasteiger charge is 2.36. The zero-order valence-corrected chi connectivity index (χ0v) is 13.9. The first kappa shape index (κ1) is 17.0. The first-order valence-electron chi connectivity index (χ1n) is 8.15. The second-order valence-electron chi connectivity index (χ2n) is 6.76. The summed E-state index contributed by atoms with van der Waals surface area (Å²) in [7, 11) is 1.97. The Bertz CT molecular complexity index is 510. The van der Waals surface area contributed by atoms with Gasteiger partial charge < -0.3 is 10.4 Å². The number of hydrogen-bond donors (Lipinski definition) is 2. The molecular weight excluding hydrogens is 276 g/mol. The van der Waals surface area contributed by atoms with Crippen LogP contribution in [0.5, 0.6) is 0 Å². The number of aliphatic hydroxyl groups is 1. The van der Waals surface area contributed by atoms with Gasteiger partial charge in [-0.2, -0.15) is 0 Å². The van der Waals surface area contributed by atoms with Crippen LogP contribution in [0.3, 0.4) is 0 Å². The average molecular weight is 304 g/mol. The first-order chi connectivity index (χ1) is 10.5. The van der Waals surface area contributed by atoms with Crippen LogP contribution in [0.25, 0.3) is 0 Å². The molecule has 4 nitrogen and oxygen atoms in total. The fraction of sp³-hybridized carbons (Fsp3) is 0.611. The van der Waals surface area contributed by atoms with E-state index in [1.807, 2.05) is 45.2 Å². The number of hydrogen-bond acceptors (Lipinski definition) is 3. The van der Waals surface area contributed by atoms with Crippen molar-refractivity contribution in [2.24, 2.45) is 5.41 Å². The fourth-order valence-corrected chi connectivity index (χ4v) is 3.31. The van der Waals surface area contributed by atoms with Crippen LogP contribution < -0.4 is 5.32 Å². The van der Waals surface area contributed by atoms with Gasteiger partial charge in [-0.1, -0.05) is 31.0 Å². The maximum Gasteiger partial charge on any atom is 0.241 e. The van der Waals surface area contributed by atoms with Gasteiger partial charge in [0, 0.05) is 24.3 Å². The number of likely N-dealkylation sites (N-methyl/N-ethyl adjacent to an activating group) is 1. The van der Waals surface area contributed by atoms with Crippen molar-refractivity contribution in [3.05, 3.63) is 29.8 Å². The van der Waals surface area contributed by atoms with Gasteiger partial charge in [-0.15, -0.1) is 0 Å². The van der Waals surface area contributed by atoms with Gasteiger partial charge in [0.1, 0.15) is 0 Å². The van der Waals surface area contributed by atoms with Gasteiger partial charge in [-0.3, -0.25) is 9.69 Å². The molecule has 122 valence electrons. The number of carbonyl (C=O) groups excluding carboxylic acids is 1. The van der Waals surface area contributed by atoms with Crippen molar-refractivity contribution in [2.45, 2.75) is 45.6 Å². The number of amides is 1. The van der Waals surface area contributed by atoms with Crippen molar-refractivity contribution < 1.29 is 9.90 Å². The molecule has 0 aliphatic heterocycles. The van der Waals surface area contributed by atoms with Gasteiger partial charge >= 0.3 is 0 Å². The molecule has 1 fully saturated rings. The van der Waals surface area contributed by atoms with Crippen molar-refractivity contribution in [3.63, 3.8) is 0 Å². The Labute approximate surface area is 133 Å². The Morgan fingerprint density at radius 1 is 1.36 bits per heavy atom. The first-order valence-corrected chi connectivity index (χ1v) is 8.15. The van der Waals surface area contributed by atoms with Gasteiger partial charge in [0.05, 0.1) is 6.04 Å². The van der Waals surface area contributed by atoms with Crippen molar-refractivity contribution in [1.82, 2.24) is 4.90 Å². The lowest BCUT2D eigenvalue weighted by molar-refractivity contribution is -0.121. The summed E-state index contributed by atoms with van der Waals surface area (Å²) in [6, 6.07) is 7.58. The minimum atomic E-state index is -0.219. The molecular formula is C18H28N2O2. The highest BCUT2D eigenvalue weighted by Crippen LogP contribution is 2.38. The van der Waals surface area contributed by atoms with E-state index in [0.717, 1.165) is 30.6 Å². The predicted molar refractivity (Wildman–Crippen MR) is 89.9 cm³/mol. The van der Waals surface area contributed by atoms with E-state index in [0.29, 0.717) is 0 Å². The number of aryl methyl sites for hydroxylation is 1. The number of para-hydroxylation sites is 1. The number of benzene rings is 1. The molecule has 0 saturated heterocycles. The summed E-state index contributed by atoms with van der Waals surface area (Å²) < 4.78 is 0. The fourth-order valence-electron chi connectivity index (χ4n) is 3.31. The van der Waals surface area contributed by atoms with Crippen molar-refractivity contribution in [3.8, 4) is 0 Å². The van der Waals surface area contributed by atoms with Gasteiger partial charge in [-0.05, 0) is 45.4 Å². The minimum absolute atomic E-state index is 0.00267. The largest absolute Gasteiger partial charge is 0.396 e. The summed E-state index contributed by atoms with van der Waals surface area (Å²) in [6.07, 6.45) is 4.47. The number of anilines is 1. The smallest absolute Gasteiger partial charge is 0.241 e. The summed E-state index contributed by atoms with van der Waals surface area (Å²) in [6.45, 7) is 4.90. The summed E-state index contributed by atoms with van der Waals surface area (Å²) >= 11 is 0. The number of carbonyl (C=O) groups is 1. The van der Waals surface area contributed by atoms with Crippen LogP contribution >= 0.6 is 0 Å². The van der Waals surface area contributed by atoms with E-state index in [1.54, 1.807) is 0 Å². The molecule has 0 heterocycles. The number of rotatable bonds is 6. The molecule has 0 spiro atoms. The van der Waals surface area contributed by atoms with Gasteiger partial charge in [-0.25, -0.2) is 0 Å². The topological polar surface area (TPSA) is 52.6 Å². The SMILES string of the molecule is Cc1ccccc1NC(=O)C(C)N(C)CC1(CO)CCCC1. The number of aliphatic hydroxyl groups excluding tert-OH is 1. The van der Waals surface area contributed by atoms with Crippen LogP contribution in [-0.2, 0) is 4.79 Å². The van der Waals surface area contributed by atoms with E-state index in [1.165, 1.54) is 12.8 Å². The quantitative estimate of drug-likeness (QED) is 0.849. The molecule has 1 aliphatic carbocycles. The summed E-state index contributed by atoms with van der Waals surface area (Å²) in [5, 5.41) is 12.7. The minimum Gasteiger partial charge on any atom is -0.396 e. The van der Waals surface area contributed by atoms with Gasteiger partial charge in [0.2, 0.25) is 5.91 Å². The van der Waals surface area contributed by atoms with E-state index < -0.39 is 0 Å². The highest BCUT2D eigenvalue weighted by atomic mass is 16.3. The standard InChI is InChI=1S/C18H28N2O2/c1-14-8-4-5-9-16(14)19-17(22)15(2)20(3)12-18(13-21)10-6-7-11-18/h4-5,8-9,15,21H,6-7,10-13H2,1-3H3,(H,19,22). The van der Waals surface area contributed by atoms with Crippen LogP contribution in [0.4, 0.5) is 5.69 Å². The molecule has 22 heavy (non-hydrogen) atoms. The second-order valence-corrected chi connectivity index (χ2v) is 6.76. The molecule has 1 aromatic rings. The highest BCUT2D eigenvalue weighted by molar-refractivity contribution is 5.95. The molecule has 1 aliphatic rings. The Kier molecular flexibility index (Phi) is 5.59. The lowest BCUT2D eigenvalue weighted by atomic mass is 9.86. The predicted octanol–water partition coefficient (Wildman–Crippen LogP) is 2.81. The third-order valence-electron chi connectivity index (χ3n) is 5.03. The van der Waals surface area contributed by atoms with E-state index in [2.05, 4.69) is 10.2 Å². The molecule has 0 bridgehead atoms. The maximum atomic E-state index is 12.5. The molecule has 1 aromatic carbocycles. The maximum absolute atomic E-state index is 12.5. The normalized spacial score (nSPS) is 18.4. The zero-order chi connectivity index (χ0) is 16.2. The van der Waals surface area contributed by atoms with E-state index >= 15 is 0 Å². The molecule has 4 heteroatoms. The summed E-state index contributed by atoms with van der Waals surface area (Å²) in [5.74, 6) is 0.00267. The molecule has 1 amide bonds. The Hall–Kier alpha value is -1.39. The average Bonchev–Trinajstić information content (AvgIpc) is 2.97. The third-order valence-corrected chi connectivity index (χ3v) is 5.03. The van der Waals surface area contributed by atoms with Crippen molar-refractivity contribution >= 4 is 11.6 Å². The summed E-state index contributed by atoms with van der Waals surface area (Å²) in [5.41, 5.74) is 1.91. The van der Waals surface area contributed by atoms with Gasteiger partial charge in [0.15, 0.2) is 0 Å². The van der Waals surface area contributed by atoms with Gasteiger partial charge in [0.25, 0.3) is 0 Å². The molecule has 1 unspecified atom stereocenters. The summed E-state index contributed by atoms with van der Waals surface area (Å²) in [4.78, 5) is 14.5. The number of nitrogens with one attached hydrogen (secondary N) is 1.